The number of carbonyl (C=O) groups is 1. The van der Waals surface area contributed by atoms with E-state index in [9.17, 15) is 4.79 Å². The second kappa shape index (κ2) is 4.97. The van der Waals surface area contributed by atoms with Crippen molar-refractivity contribution in [2.75, 3.05) is 11.9 Å². The minimum atomic E-state index is 0.00843. The van der Waals surface area contributed by atoms with Gasteiger partial charge in [0.05, 0.1) is 6.04 Å². The molecule has 2 N–H and O–H groups in total. The van der Waals surface area contributed by atoms with Crippen LogP contribution >= 0.6 is 0 Å². The Morgan fingerprint density at radius 2 is 2.11 bits per heavy atom. The highest BCUT2D eigenvalue weighted by Gasteiger charge is 2.42. The van der Waals surface area contributed by atoms with Gasteiger partial charge in [-0.3, -0.25) is 4.79 Å². The van der Waals surface area contributed by atoms with Crippen molar-refractivity contribution in [2.45, 2.75) is 39.2 Å². The normalized spacial score (nSPS) is 29.3. The lowest BCUT2D eigenvalue weighted by Gasteiger charge is -2.18. The molecular weight excluding hydrogens is 236 g/mol. The number of benzene rings is 1. The fraction of sp³-hybridized carbons (Fsp3) is 0.562. The van der Waals surface area contributed by atoms with Gasteiger partial charge < -0.3 is 10.6 Å². The van der Waals surface area contributed by atoms with Gasteiger partial charge in [0.2, 0.25) is 5.91 Å². The van der Waals surface area contributed by atoms with Crippen molar-refractivity contribution in [1.29, 1.82) is 0 Å². The molecule has 2 aliphatic rings. The van der Waals surface area contributed by atoms with Crippen molar-refractivity contribution in [1.82, 2.24) is 5.32 Å². The molecule has 19 heavy (non-hydrogen) atoms. The quantitative estimate of drug-likeness (QED) is 0.856. The van der Waals surface area contributed by atoms with Gasteiger partial charge in [0.15, 0.2) is 0 Å². The summed E-state index contributed by atoms with van der Waals surface area (Å²) in [6, 6.07) is 6.11. The zero-order chi connectivity index (χ0) is 13.4. The summed E-state index contributed by atoms with van der Waals surface area (Å²) in [5.74, 6) is 1.40. The van der Waals surface area contributed by atoms with E-state index in [0.29, 0.717) is 5.92 Å². The van der Waals surface area contributed by atoms with Crippen LogP contribution in [0, 0.1) is 25.7 Å². The average Bonchev–Trinajstić information content (AvgIpc) is 2.95. The molecule has 1 aromatic rings. The summed E-state index contributed by atoms with van der Waals surface area (Å²) in [5, 5.41) is 6.46. The molecule has 3 heteroatoms. The smallest absolute Gasteiger partial charge is 0.241 e. The van der Waals surface area contributed by atoms with Gasteiger partial charge in [0, 0.05) is 5.69 Å². The average molecular weight is 258 g/mol. The van der Waals surface area contributed by atoms with Gasteiger partial charge in [-0.1, -0.05) is 12.5 Å². The van der Waals surface area contributed by atoms with Gasteiger partial charge in [-0.15, -0.1) is 0 Å². The van der Waals surface area contributed by atoms with Gasteiger partial charge in [-0.05, 0) is 68.3 Å². The molecular formula is C16H22N2O. The van der Waals surface area contributed by atoms with E-state index in [1.165, 1.54) is 30.4 Å². The van der Waals surface area contributed by atoms with Crippen molar-refractivity contribution in [2.24, 2.45) is 11.8 Å². The molecule has 1 aromatic carbocycles. The van der Waals surface area contributed by atoms with Crippen LogP contribution in [0.15, 0.2) is 18.2 Å². The molecule has 1 aliphatic heterocycles. The van der Waals surface area contributed by atoms with Gasteiger partial charge in [0.1, 0.15) is 0 Å². The molecule has 0 bridgehead atoms. The number of carbonyl (C=O) groups excluding carboxylic acids is 1. The Morgan fingerprint density at radius 3 is 2.89 bits per heavy atom. The fourth-order valence-corrected chi connectivity index (χ4v) is 3.51. The maximum atomic E-state index is 12.4. The number of anilines is 1. The minimum absolute atomic E-state index is 0.00843. The second-order valence-electron chi connectivity index (χ2n) is 6.03. The predicted molar refractivity (Wildman–Crippen MR) is 77.2 cm³/mol. The summed E-state index contributed by atoms with van der Waals surface area (Å²) in [5.41, 5.74) is 3.39. The van der Waals surface area contributed by atoms with E-state index in [2.05, 4.69) is 30.5 Å². The lowest BCUT2D eigenvalue weighted by molar-refractivity contribution is -0.118. The summed E-state index contributed by atoms with van der Waals surface area (Å²) in [4.78, 5) is 12.4. The Balaban J connectivity index is 1.69. The van der Waals surface area contributed by atoms with E-state index in [-0.39, 0.29) is 11.9 Å². The van der Waals surface area contributed by atoms with Crippen LogP contribution in [0.1, 0.15) is 30.4 Å². The van der Waals surface area contributed by atoms with Gasteiger partial charge >= 0.3 is 0 Å². The highest BCUT2D eigenvalue weighted by atomic mass is 16.2. The molecule has 3 nitrogen and oxygen atoms in total. The number of hydrogen-bond donors (Lipinski definition) is 2. The van der Waals surface area contributed by atoms with Gasteiger partial charge in [0.25, 0.3) is 0 Å². The second-order valence-corrected chi connectivity index (χ2v) is 6.03. The van der Waals surface area contributed by atoms with Crippen LogP contribution in [0.5, 0.6) is 0 Å². The monoisotopic (exact) mass is 258 g/mol. The summed E-state index contributed by atoms with van der Waals surface area (Å²) < 4.78 is 0. The van der Waals surface area contributed by atoms with Crippen molar-refractivity contribution < 1.29 is 4.79 Å². The molecule has 1 saturated heterocycles. The Morgan fingerprint density at radius 1 is 1.26 bits per heavy atom. The summed E-state index contributed by atoms with van der Waals surface area (Å²) in [6.45, 7) is 5.17. The third-order valence-electron chi connectivity index (χ3n) is 4.80. The zero-order valence-electron chi connectivity index (χ0n) is 11.7. The molecule has 102 valence electrons. The van der Waals surface area contributed by atoms with E-state index in [0.717, 1.165) is 18.2 Å². The zero-order valence-corrected chi connectivity index (χ0v) is 11.7. The Labute approximate surface area is 114 Å². The maximum absolute atomic E-state index is 12.4. The van der Waals surface area contributed by atoms with Gasteiger partial charge in [-0.25, -0.2) is 0 Å². The Kier molecular flexibility index (Phi) is 3.31. The van der Waals surface area contributed by atoms with Crippen molar-refractivity contribution in [3.8, 4) is 0 Å². The molecule has 0 spiro atoms. The molecule has 1 heterocycles. The summed E-state index contributed by atoms with van der Waals surface area (Å²) in [6.07, 6.45) is 3.76. The van der Waals surface area contributed by atoms with Crippen LogP contribution in [0.3, 0.4) is 0 Å². The number of rotatable bonds is 2. The summed E-state index contributed by atoms with van der Waals surface area (Å²) in [7, 11) is 0. The third kappa shape index (κ3) is 2.39. The molecule has 0 radical (unpaired) electrons. The number of aryl methyl sites for hydroxylation is 2. The predicted octanol–water partition coefficient (Wildman–Crippen LogP) is 2.63. The Hall–Kier alpha value is -1.35. The Bertz CT molecular complexity index is 498. The first kappa shape index (κ1) is 12.7. The fourth-order valence-electron chi connectivity index (χ4n) is 3.51. The van der Waals surface area contributed by atoms with E-state index < -0.39 is 0 Å². The van der Waals surface area contributed by atoms with Gasteiger partial charge in [-0.2, -0.15) is 0 Å². The third-order valence-corrected chi connectivity index (χ3v) is 4.80. The van der Waals surface area contributed by atoms with Crippen LogP contribution in [-0.4, -0.2) is 18.5 Å². The lowest BCUT2D eigenvalue weighted by Crippen LogP contribution is -2.39. The first-order valence-corrected chi connectivity index (χ1v) is 7.26. The van der Waals surface area contributed by atoms with Crippen molar-refractivity contribution in [3.63, 3.8) is 0 Å². The molecule has 0 aromatic heterocycles. The molecule has 3 unspecified atom stereocenters. The molecule has 1 amide bonds. The number of fused-ring (bicyclic) bond motifs is 1. The van der Waals surface area contributed by atoms with E-state index in [1.807, 2.05) is 12.1 Å². The topological polar surface area (TPSA) is 41.1 Å². The van der Waals surface area contributed by atoms with E-state index in [4.69, 9.17) is 0 Å². The molecule has 1 aliphatic carbocycles. The summed E-state index contributed by atoms with van der Waals surface area (Å²) >= 11 is 0. The van der Waals surface area contributed by atoms with Crippen molar-refractivity contribution >= 4 is 11.6 Å². The lowest BCUT2D eigenvalue weighted by atomic mass is 9.93. The van der Waals surface area contributed by atoms with E-state index >= 15 is 0 Å². The van der Waals surface area contributed by atoms with E-state index in [1.54, 1.807) is 0 Å². The SMILES string of the molecule is Cc1ccc(NC(=O)C2NCC3CCCC32)cc1C. The minimum Gasteiger partial charge on any atom is -0.325 e. The number of nitrogens with one attached hydrogen (secondary N) is 2. The highest BCUT2D eigenvalue weighted by Crippen LogP contribution is 2.38. The molecule has 1 saturated carbocycles. The van der Waals surface area contributed by atoms with Crippen LogP contribution in [0.2, 0.25) is 0 Å². The largest absolute Gasteiger partial charge is 0.325 e. The van der Waals surface area contributed by atoms with Crippen LogP contribution < -0.4 is 10.6 Å². The highest BCUT2D eigenvalue weighted by molar-refractivity contribution is 5.95. The van der Waals surface area contributed by atoms with Crippen LogP contribution in [0.25, 0.3) is 0 Å². The number of hydrogen-bond acceptors (Lipinski definition) is 2. The standard InChI is InChI=1S/C16H22N2O/c1-10-6-7-13(8-11(10)2)18-16(19)15-14-5-3-4-12(14)9-17-15/h6-8,12,14-15,17H,3-5,9H2,1-2H3,(H,18,19). The molecule has 3 atom stereocenters. The number of amides is 1. The van der Waals surface area contributed by atoms with Crippen LogP contribution in [-0.2, 0) is 4.79 Å². The van der Waals surface area contributed by atoms with Crippen LogP contribution in [0.4, 0.5) is 5.69 Å². The van der Waals surface area contributed by atoms with Crippen molar-refractivity contribution in [3.05, 3.63) is 29.3 Å². The molecule has 3 rings (SSSR count). The molecule has 2 fully saturated rings. The maximum Gasteiger partial charge on any atom is 0.241 e. The first-order valence-electron chi connectivity index (χ1n) is 7.26. The first-order chi connectivity index (χ1) is 9.15.